The summed E-state index contributed by atoms with van der Waals surface area (Å²) in [5, 5.41) is 13.8. The van der Waals surface area contributed by atoms with Crippen LogP contribution in [0, 0.1) is 5.92 Å². The molecule has 3 aromatic rings. The van der Waals surface area contributed by atoms with Gasteiger partial charge in [-0.3, -0.25) is 9.47 Å². The smallest absolute Gasteiger partial charge is 0.296 e. The lowest BCUT2D eigenvalue weighted by Gasteiger charge is -2.39. The van der Waals surface area contributed by atoms with Gasteiger partial charge in [0.05, 0.1) is 29.8 Å². The molecular weight excluding hydrogens is 547 g/mol. The first-order valence-corrected chi connectivity index (χ1v) is 14.9. The van der Waals surface area contributed by atoms with Crippen molar-refractivity contribution >= 4 is 22.8 Å². The van der Waals surface area contributed by atoms with E-state index in [-0.39, 0.29) is 11.9 Å². The van der Waals surface area contributed by atoms with Gasteiger partial charge in [-0.15, -0.1) is 0 Å². The standard InChI is InChI=1S/C30H42F3N7O2/c1-20(31)18-39(19-30(2,3)41)22-10-8-21(9-11-22)17-34-29-36-25(38-12-14-42-15-13-38)16-26(37-29)40-24-7-5-4-6-23(24)35-28(40)27(32)33/h4-7,16,20-22,27,41H,8-15,17-19H2,1-3H3,(H,34,36,37). The maximum Gasteiger partial charge on any atom is 0.296 e. The van der Waals surface area contributed by atoms with Crippen molar-refractivity contribution in [3.8, 4) is 5.82 Å². The van der Waals surface area contributed by atoms with Gasteiger partial charge in [-0.2, -0.15) is 9.97 Å². The molecule has 2 fully saturated rings. The number of imidazole rings is 1. The number of rotatable bonds is 11. The monoisotopic (exact) mass is 589 g/mol. The molecule has 0 amide bonds. The van der Waals surface area contributed by atoms with Crippen LogP contribution >= 0.6 is 0 Å². The van der Waals surface area contributed by atoms with Crippen molar-refractivity contribution < 1.29 is 23.0 Å². The number of fused-ring (bicyclic) bond motifs is 1. The molecule has 1 aliphatic heterocycles. The first kappa shape index (κ1) is 30.5. The number of halogens is 3. The third-order valence-electron chi connectivity index (χ3n) is 8.00. The number of aliphatic hydroxyl groups is 1. The number of para-hydroxylation sites is 2. The van der Waals surface area contributed by atoms with Crippen molar-refractivity contribution in [2.45, 2.75) is 70.7 Å². The highest BCUT2D eigenvalue weighted by atomic mass is 19.3. The predicted molar refractivity (Wildman–Crippen MR) is 157 cm³/mol. The zero-order valence-corrected chi connectivity index (χ0v) is 24.6. The summed E-state index contributed by atoms with van der Waals surface area (Å²) in [6.07, 6.45) is -0.0319. The Labute approximate surface area is 245 Å². The van der Waals surface area contributed by atoms with Gasteiger partial charge >= 0.3 is 0 Å². The van der Waals surface area contributed by atoms with Crippen LogP contribution in [-0.4, -0.2) is 93.3 Å². The first-order chi connectivity index (χ1) is 20.1. The fourth-order valence-corrected chi connectivity index (χ4v) is 6.11. The highest BCUT2D eigenvalue weighted by molar-refractivity contribution is 5.78. The largest absolute Gasteiger partial charge is 0.389 e. The number of ether oxygens (including phenoxy) is 1. The molecule has 2 aromatic heterocycles. The molecule has 230 valence electrons. The molecule has 2 N–H and O–H groups in total. The lowest BCUT2D eigenvalue weighted by Crippen LogP contribution is -2.48. The Kier molecular flexibility index (Phi) is 9.54. The second-order valence-electron chi connectivity index (χ2n) is 12.2. The van der Waals surface area contributed by atoms with Crippen LogP contribution in [0.15, 0.2) is 30.3 Å². The number of benzene rings is 1. The van der Waals surface area contributed by atoms with Gasteiger partial charge in [0.25, 0.3) is 6.43 Å². The Bertz CT molecular complexity index is 1320. The fourth-order valence-electron chi connectivity index (χ4n) is 6.11. The van der Waals surface area contributed by atoms with Gasteiger partial charge in [0.1, 0.15) is 17.8 Å². The summed E-state index contributed by atoms with van der Waals surface area (Å²) in [5.41, 5.74) is 0.145. The molecule has 1 unspecified atom stereocenters. The maximum atomic E-state index is 14.1. The van der Waals surface area contributed by atoms with E-state index in [0.717, 1.165) is 25.7 Å². The Morgan fingerprint density at radius 1 is 1.05 bits per heavy atom. The van der Waals surface area contributed by atoms with Crippen LogP contribution in [0.3, 0.4) is 0 Å². The van der Waals surface area contributed by atoms with E-state index in [1.807, 2.05) is 0 Å². The van der Waals surface area contributed by atoms with Crippen molar-refractivity contribution in [2.75, 3.05) is 56.2 Å². The average Bonchev–Trinajstić information content (AvgIpc) is 3.36. The van der Waals surface area contributed by atoms with Crippen LogP contribution in [0.1, 0.15) is 58.7 Å². The molecule has 0 radical (unpaired) electrons. The van der Waals surface area contributed by atoms with Gasteiger partial charge in [0, 0.05) is 44.8 Å². The van der Waals surface area contributed by atoms with Crippen molar-refractivity contribution in [3.63, 3.8) is 0 Å². The fraction of sp³-hybridized carbons (Fsp3) is 0.633. The van der Waals surface area contributed by atoms with Crippen molar-refractivity contribution in [2.24, 2.45) is 5.92 Å². The summed E-state index contributed by atoms with van der Waals surface area (Å²) < 4.78 is 49.1. The number of aromatic nitrogens is 4. The molecule has 1 aromatic carbocycles. The zero-order valence-electron chi connectivity index (χ0n) is 24.6. The highest BCUT2D eigenvalue weighted by Gasteiger charge is 2.30. The van der Waals surface area contributed by atoms with Crippen LogP contribution in [0.5, 0.6) is 0 Å². The second-order valence-corrected chi connectivity index (χ2v) is 12.2. The van der Waals surface area contributed by atoms with Crippen LogP contribution in [0.25, 0.3) is 16.9 Å². The van der Waals surface area contributed by atoms with E-state index in [1.165, 1.54) is 4.57 Å². The summed E-state index contributed by atoms with van der Waals surface area (Å²) in [7, 11) is 0. The molecule has 1 saturated heterocycles. The van der Waals surface area contributed by atoms with Gasteiger partial charge < -0.3 is 20.1 Å². The maximum absolute atomic E-state index is 14.1. The molecule has 1 atom stereocenters. The second kappa shape index (κ2) is 13.1. The predicted octanol–water partition coefficient (Wildman–Crippen LogP) is 4.99. The van der Waals surface area contributed by atoms with Crippen molar-refractivity contribution in [1.29, 1.82) is 0 Å². The number of morpholine rings is 1. The number of anilines is 2. The summed E-state index contributed by atoms with van der Waals surface area (Å²) in [4.78, 5) is 17.8. The molecule has 12 heteroatoms. The first-order valence-electron chi connectivity index (χ1n) is 14.9. The third kappa shape index (κ3) is 7.51. The van der Waals surface area contributed by atoms with E-state index in [2.05, 4.69) is 20.1 Å². The van der Waals surface area contributed by atoms with Crippen molar-refractivity contribution in [1.82, 2.24) is 24.4 Å². The van der Waals surface area contributed by atoms with Gasteiger partial charge in [-0.1, -0.05) is 12.1 Å². The molecule has 2 aliphatic rings. The lowest BCUT2D eigenvalue weighted by atomic mass is 9.84. The number of hydrogen-bond acceptors (Lipinski definition) is 8. The molecule has 0 bridgehead atoms. The molecule has 0 spiro atoms. The van der Waals surface area contributed by atoms with Crippen LogP contribution in [0.2, 0.25) is 0 Å². The van der Waals surface area contributed by atoms with E-state index in [4.69, 9.17) is 14.7 Å². The van der Waals surface area contributed by atoms with E-state index in [9.17, 15) is 18.3 Å². The summed E-state index contributed by atoms with van der Waals surface area (Å²) in [6, 6.07) is 9.02. The minimum absolute atomic E-state index is 0.223. The summed E-state index contributed by atoms with van der Waals surface area (Å²) in [5.74, 6) is 1.37. The molecule has 9 nitrogen and oxygen atoms in total. The average molecular weight is 590 g/mol. The van der Waals surface area contributed by atoms with Gasteiger partial charge in [-0.25, -0.2) is 18.2 Å². The van der Waals surface area contributed by atoms with E-state index >= 15 is 0 Å². The topological polar surface area (TPSA) is 91.6 Å². The number of hydrogen-bond donors (Lipinski definition) is 2. The minimum Gasteiger partial charge on any atom is -0.389 e. The quantitative estimate of drug-likeness (QED) is 0.323. The lowest BCUT2D eigenvalue weighted by molar-refractivity contribution is 0.00297. The molecule has 1 aliphatic carbocycles. The molecule has 42 heavy (non-hydrogen) atoms. The number of alkyl halides is 3. The normalized spacial score (nSPS) is 20.9. The van der Waals surface area contributed by atoms with Crippen LogP contribution in [-0.2, 0) is 4.74 Å². The zero-order chi connectivity index (χ0) is 29.9. The Balaban J connectivity index is 1.34. The number of nitrogens with one attached hydrogen (secondary N) is 1. The number of nitrogens with zero attached hydrogens (tertiary/aromatic N) is 6. The van der Waals surface area contributed by atoms with E-state index in [1.54, 1.807) is 51.1 Å². The van der Waals surface area contributed by atoms with E-state index < -0.39 is 18.2 Å². The third-order valence-corrected chi connectivity index (χ3v) is 8.00. The SMILES string of the molecule is CC(F)CN(CC(C)(C)O)C1CCC(CNc2nc(N3CCOCC3)cc(-n3c(C(F)F)nc4ccccc43)n2)CC1. The summed E-state index contributed by atoms with van der Waals surface area (Å²) >= 11 is 0. The van der Waals surface area contributed by atoms with Gasteiger partial charge in [-0.05, 0) is 64.5 Å². The molecule has 3 heterocycles. The molecule has 1 saturated carbocycles. The van der Waals surface area contributed by atoms with Crippen LogP contribution in [0.4, 0.5) is 24.9 Å². The van der Waals surface area contributed by atoms with Crippen LogP contribution < -0.4 is 10.2 Å². The Morgan fingerprint density at radius 3 is 2.40 bits per heavy atom. The Hall–Kier alpha value is -2.96. The van der Waals surface area contributed by atoms with Gasteiger partial charge in [0.15, 0.2) is 5.82 Å². The van der Waals surface area contributed by atoms with E-state index in [0.29, 0.717) is 80.5 Å². The van der Waals surface area contributed by atoms with Gasteiger partial charge in [0.2, 0.25) is 5.95 Å². The molecule has 5 rings (SSSR count). The minimum atomic E-state index is -2.78. The van der Waals surface area contributed by atoms with Crippen molar-refractivity contribution in [3.05, 3.63) is 36.2 Å². The molecular formula is C30H42F3N7O2. The summed E-state index contributed by atoms with van der Waals surface area (Å²) in [6.45, 7) is 8.87. The highest BCUT2D eigenvalue weighted by Crippen LogP contribution is 2.31. The Morgan fingerprint density at radius 2 is 1.74 bits per heavy atom.